The van der Waals surface area contributed by atoms with E-state index in [4.69, 9.17) is 58.1 Å². The van der Waals surface area contributed by atoms with Gasteiger partial charge in [-0.05, 0) is 174 Å². The van der Waals surface area contributed by atoms with Crippen molar-refractivity contribution in [3.63, 3.8) is 0 Å². The quantitative estimate of drug-likeness (QED) is 0.0120. The summed E-state index contributed by atoms with van der Waals surface area (Å²) in [6.07, 6.45) is 25.6. The van der Waals surface area contributed by atoms with Crippen LogP contribution in [0, 0.1) is 6.92 Å². The highest BCUT2D eigenvalue weighted by atomic mass is 32.2. The minimum atomic E-state index is -1.25. The highest BCUT2D eigenvalue weighted by Crippen LogP contribution is 2.48. The number of anilines is 7. The van der Waals surface area contributed by atoms with Crippen LogP contribution in [-0.4, -0.2) is 368 Å². The number of fused-ring (bicyclic) bond motifs is 5. The maximum atomic E-state index is 10.8. The number of unbranched alkanes of at least 4 members (excludes halogenated alkanes) is 3. The molecule has 5 aliphatic heterocycles. The predicted molar refractivity (Wildman–Crippen MR) is 539 cm³/mol. The van der Waals surface area contributed by atoms with Gasteiger partial charge in [-0.25, -0.2) is 54.8 Å². The number of nitrogen functional groups attached to an aromatic ring is 6. The van der Waals surface area contributed by atoms with Crippen molar-refractivity contribution < 1.29 is 74.7 Å². The fourth-order valence-corrected chi connectivity index (χ4v) is 22.6. The van der Waals surface area contributed by atoms with E-state index in [9.17, 15) is 51.1 Å². The van der Waals surface area contributed by atoms with Gasteiger partial charge in [0.25, 0.3) is 0 Å². The third-order valence-electron chi connectivity index (χ3n) is 23.0. The number of nitrogens with two attached hydrogens (primary N) is 6. The summed E-state index contributed by atoms with van der Waals surface area (Å²) in [6, 6.07) is 6.85. The molecule has 15 rings (SSSR count). The van der Waals surface area contributed by atoms with Crippen LogP contribution < -0.4 is 39.7 Å². The number of pyridine rings is 4. The van der Waals surface area contributed by atoms with Crippen molar-refractivity contribution in [2.45, 2.75) is 218 Å². The Balaban J connectivity index is 0.000000157. The van der Waals surface area contributed by atoms with Gasteiger partial charge in [-0.1, -0.05) is 56.6 Å². The van der Waals surface area contributed by atoms with Gasteiger partial charge in [0, 0.05) is 43.3 Å². The fraction of sp³-hybridized carbons (Fsp3) is 0.600. The van der Waals surface area contributed by atoms with Crippen molar-refractivity contribution >= 4 is 186 Å². The molecule has 0 radical (unpaired) electrons. The zero-order chi connectivity index (χ0) is 95.3. The number of nitrogens with zero attached hydrogens (tertiary/aromatic N) is 16. The van der Waals surface area contributed by atoms with Crippen LogP contribution in [0.3, 0.4) is 0 Å². The first-order valence-electron chi connectivity index (χ1n) is 43.6. The van der Waals surface area contributed by atoms with Crippen LogP contribution in [0.15, 0.2) is 65.7 Å². The summed E-state index contributed by atoms with van der Waals surface area (Å²) in [4.78, 5) is 48.0. The average Bonchev–Trinajstić information content (AvgIpc) is 1.63. The summed E-state index contributed by atoms with van der Waals surface area (Å²) in [5, 5.41) is 110. The Hall–Kier alpha value is -6.77. The molecule has 5 aliphatic rings. The summed E-state index contributed by atoms with van der Waals surface area (Å²) in [5.41, 5.74) is 43.6. The van der Waals surface area contributed by atoms with Gasteiger partial charge >= 0.3 is 0 Å². The minimum absolute atomic E-state index is 0.136. The maximum absolute atomic E-state index is 10.8. The average molecular weight is 1940 g/mol. The third-order valence-corrected chi connectivity index (χ3v) is 32.4. The zero-order valence-electron chi connectivity index (χ0n) is 77.0. The molecule has 5 fully saturated rings. The molecule has 720 valence electrons. The van der Waals surface area contributed by atoms with Crippen LogP contribution in [0.5, 0.6) is 0 Å². The minimum Gasteiger partial charge on any atom is -0.397 e. The van der Waals surface area contributed by atoms with E-state index < -0.39 is 157 Å². The highest BCUT2D eigenvalue weighted by Gasteiger charge is 2.50. The van der Waals surface area contributed by atoms with E-state index in [2.05, 4.69) is 172 Å². The lowest BCUT2D eigenvalue weighted by Gasteiger charge is -2.20. The Kier molecular flexibility index (Phi) is 34.7. The molecular weight excluding hydrogens is 1800 g/mol. The molecule has 0 aromatic carbocycles. The highest BCUT2D eigenvalue weighted by molar-refractivity contribution is 7.99. The van der Waals surface area contributed by atoms with E-state index in [1.54, 1.807) is 105 Å². The van der Waals surface area contributed by atoms with Crippen molar-refractivity contribution in [3.8, 4) is 0 Å². The first-order valence-corrected chi connectivity index (χ1v) is 60.9. The number of hydrogen-bond donors (Lipinski definition) is 17. The molecule has 0 unspecified atom stereocenters. The van der Waals surface area contributed by atoms with Crippen molar-refractivity contribution in [1.29, 1.82) is 0 Å². The molecule has 20 atom stereocenters. The van der Waals surface area contributed by atoms with Crippen molar-refractivity contribution in [3.05, 3.63) is 61.2 Å². The van der Waals surface area contributed by atoms with Gasteiger partial charge in [-0.3, -0.25) is 22.8 Å². The van der Waals surface area contributed by atoms with Gasteiger partial charge < -0.3 is 114 Å². The number of thioether (sulfide) groups is 2. The van der Waals surface area contributed by atoms with Gasteiger partial charge in [-0.2, -0.15) is 0 Å². The summed E-state index contributed by atoms with van der Waals surface area (Å²) in [6.45, 7) is 21.2. The van der Waals surface area contributed by atoms with Gasteiger partial charge in [0.15, 0.2) is 75.5 Å². The van der Waals surface area contributed by atoms with E-state index in [0.717, 1.165) is 80.1 Å². The second kappa shape index (κ2) is 43.5. The van der Waals surface area contributed by atoms with Crippen molar-refractivity contribution in [2.75, 3.05) is 156 Å². The monoisotopic (exact) mass is 1940 g/mol. The van der Waals surface area contributed by atoms with Crippen LogP contribution in [0.25, 0.3) is 55.8 Å². The summed E-state index contributed by atoms with van der Waals surface area (Å²) in [5.74, 6) is 2.92. The Labute approximate surface area is 768 Å². The second-order valence-electron chi connectivity index (χ2n) is 37.4. The number of ether oxygens (including phenoxy) is 5. The van der Waals surface area contributed by atoms with Crippen LogP contribution >= 0.6 is 58.0 Å². The molecule has 0 aliphatic carbocycles. The molecule has 38 nitrogen and oxygen atoms in total. The Morgan fingerprint density at radius 2 is 0.677 bits per heavy atom. The molecule has 23 N–H and O–H groups in total. The van der Waals surface area contributed by atoms with Crippen LogP contribution in [-0.2, 0) is 23.7 Å². The lowest BCUT2D eigenvalue weighted by atomic mass is 10.1. The number of rotatable bonds is 30. The number of nitrogens with one attached hydrogen (secondary N) is 1. The molecule has 0 spiro atoms. The number of aliphatic hydroxyl groups is 10. The molecule has 130 heavy (non-hydrogen) atoms. The Bertz CT molecular complexity index is 5780. The van der Waals surface area contributed by atoms with Crippen molar-refractivity contribution in [2.24, 2.45) is 0 Å². The first kappa shape index (κ1) is 104. The van der Waals surface area contributed by atoms with Crippen LogP contribution in [0.4, 0.5) is 40.5 Å². The topological polar surface area (TPSA) is 583 Å². The molecule has 10 aromatic heterocycles. The molecule has 0 bridgehead atoms. The van der Waals surface area contributed by atoms with E-state index in [1.165, 1.54) is 10.9 Å². The SMILES string of the molecule is C=P(C)(C)CC[C@H]1O[C@@H](n2c(N)nc3c(N)ccnc32)[C@H](O)[C@@H]1O.C=P(C)(C)CC[C@H]1O[C@@H](n2c(N)nc3c(NC)ccnc32)[C@H](O)[C@@H]1O.C=P(C)(C)CC[C@H]1O[C@@H](n2c(SCCCC)nc3c(N)ccnc32)[C@H](O)[C@@H]1O.C=P(C)(C)CC[C@H]1O[C@@H](n2c(SCCCCC)nc3c(N)ccnc32)[C@H](O)[C@@H]1O.C=P(C)(C)CC[C@H]1O[C@@H](n2cnc3c(N)nc(C)nc32)[C@H](O)[C@@H]1O. The Morgan fingerprint density at radius 3 is 1.03 bits per heavy atom. The molecule has 5 saturated heterocycles. The number of aliphatic hydroxyl groups excluding tert-OH is 10. The summed E-state index contributed by atoms with van der Waals surface area (Å²) < 4.78 is 38.3. The fourth-order valence-electron chi connectivity index (χ4n) is 15.7. The molecule has 45 heteroatoms. The zero-order valence-corrected chi connectivity index (χ0v) is 83.1. The van der Waals surface area contributed by atoms with Crippen LogP contribution in [0.1, 0.15) is 115 Å². The van der Waals surface area contributed by atoms with Gasteiger partial charge in [-0.15, -0.1) is 65.9 Å². The lowest BCUT2D eigenvalue weighted by Crippen LogP contribution is -2.32. The van der Waals surface area contributed by atoms with Gasteiger partial charge in [0.1, 0.15) is 94.4 Å². The maximum Gasteiger partial charge on any atom is 0.204 e. The lowest BCUT2D eigenvalue weighted by molar-refractivity contribution is -0.0400. The molecule has 10 aromatic rings. The normalized spacial score (nSPS) is 26.6. The Morgan fingerprint density at radius 1 is 0.369 bits per heavy atom. The van der Waals surface area contributed by atoms with E-state index in [-0.39, 0.29) is 17.7 Å². The van der Waals surface area contributed by atoms with E-state index in [0.29, 0.717) is 121 Å². The number of hydrogen-bond acceptors (Lipinski definition) is 35. The third kappa shape index (κ3) is 24.9. The standard InChI is InChI=1S/C20H33N4O3PS.C19H31N4O3PS.C16H26N5O3P.2C15H24N5O3P/c1-5-6-7-12-29-20-23-15-13(21)8-10-22-18(15)24(20)19-17(26)16(25)14(27-19)9-11-28(2,3)4;1-5-6-11-28-19-22-14-12(20)7-9-21-17(14)23(19)18-16(25)15(24)13(26-18)8-10-27(2,3)4;1-18-9-5-7-19-14-11(9)20-16(17)21(14)15-13(23)12(22)10(24-15)6-8-25(2,3)4;1-8-18-13(16)10-14(19-8)20(7-17-10)15-12(22)11(21)9(23-15)5-6-24(2,3)4;1-24(2,3)7-5-9-11(21)12(22)14(23-9)20-13-10(19-15(20)17)8(16)4-6-18-13/h8,10,14,16-17,19,25-26H,2,5-7,9,11-12H2,1,3-4H3,(H2,21,22);7,9,13,15-16,18,24-25H,2,5-6,8,10-11H2,1,3-4H3,(H2,20,21);5,7,10,12-13,15,22-23H,2,6,8H2,1,3-4H3,(H2,17,20)(H,18,19);7,9,11-12,15,21-22H,2,5-6H2,1,3-4H3,(H2,16,18,19);4,6,9,11-12,14,21-22H,1,5,7H2,2-3H3,(H2,16,18)(H2,17,19)/t14-,16-,17-,19-;13-,15-,16-,18-;10-,12-,13-,15-;9-,11-,12-,15-;9-,11-,12-,14-/m11111/s1. The first-order chi connectivity index (χ1) is 61.0. The van der Waals surface area contributed by atoms with Gasteiger partial charge in [0.05, 0.1) is 59.6 Å². The largest absolute Gasteiger partial charge is 0.397 e. The van der Waals surface area contributed by atoms with Crippen molar-refractivity contribution in [1.82, 2.24) is 77.7 Å². The van der Waals surface area contributed by atoms with E-state index in [1.807, 2.05) is 0 Å². The van der Waals surface area contributed by atoms with Gasteiger partial charge in [0.2, 0.25) is 11.9 Å². The molecular formula is C85H138N23O15P5S2. The van der Waals surface area contributed by atoms with E-state index >= 15 is 0 Å². The summed E-state index contributed by atoms with van der Waals surface area (Å²) >= 11 is 3.20. The summed E-state index contributed by atoms with van der Waals surface area (Å²) in [7, 11) is 1.79. The smallest absolute Gasteiger partial charge is 0.204 e. The molecule has 0 amide bonds. The second-order valence-corrected chi connectivity index (χ2v) is 61.1. The number of aromatic nitrogens is 16. The predicted octanol–water partition coefficient (Wildman–Crippen LogP) is 7.16. The number of imidazole rings is 5. The molecule has 15 heterocycles. The number of aryl methyl sites for hydroxylation is 1. The molecule has 0 saturated carbocycles. The van der Waals surface area contributed by atoms with Crippen LogP contribution in [0.2, 0.25) is 0 Å².